The maximum atomic E-state index is 12.5. The average molecular weight is 462 g/mol. The summed E-state index contributed by atoms with van der Waals surface area (Å²) >= 11 is 1.59. The second-order valence-corrected chi connectivity index (χ2v) is 11.3. The summed E-state index contributed by atoms with van der Waals surface area (Å²) in [5, 5.41) is 5.89. The van der Waals surface area contributed by atoms with Gasteiger partial charge in [0.1, 0.15) is 12.4 Å². The van der Waals surface area contributed by atoms with Crippen molar-refractivity contribution in [3.05, 3.63) is 52.0 Å². The van der Waals surface area contributed by atoms with Crippen LogP contribution in [0.15, 0.2) is 35.7 Å². The molecule has 2 saturated heterocycles. The lowest BCUT2D eigenvalue weighted by Gasteiger charge is -2.28. The Bertz CT molecular complexity index is 1060. The number of aromatic nitrogens is 1. The van der Waals surface area contributed by atoms with Gasteiger partial charge in [-0.25, -0.2) is 13.4 Å². The summed E-state index contributed by atoms with van der Waals surface area (Å²) in [6.45, 7) is 4.15. The molecule has 4 rings (SSSR count). The molecule has 0 aliphatic carbocycles. The third-order valence-corrected chi connectivity index (χ3v) is 8.14. The number of amides is 1. The molecule has 1 N–H and O–H groups in total. The van der Waals surface area contributed by atoms with Crippen molar-refractivity contribution in [3.8, 4) is 5.75 Å². The van der Waals surface area contributed by atoms with Crippen molar-refractivity contribution in [2.45, 2.75) is 38.5 Å². The van der Waals surface area contributed by atoms with Crippen LogP contribution in [0.4, 0.5) is 0 Å². The molecule has 0 spiro atoms. The number of ether oxygens (including phenoxy) is 1. The minimum atomic E-state index is -3.13. The summed E-state index contributed by atoms with van der Waals surface area (Å²) in [6, 6.07) is 6.98. The van der Waals surface area contributed by atoms with E-state index in [1.54, 1.807) is 17.4 Å². The lowest BCUT2D eigenvalue weighted by molar-refractivity contribution is -0.117. The van der Waals surface area contributed by atoms with Gasteiger partial charge in [-0.3, -0.25) is 9.69 Å². The Labute approximate surface area is 187 Å². The summed E-state index contributed by atoms with van der Waals surface area (Å²) < 4.78 is 30.1. The van der Waals surface area contributed by atoms with Crippen molar-refractivity contribution >= 4 is 33.2 Å². The van der Waals surface area contributed by atoms with Crippen LogP contribution in [-0.2, 0) is 21.2 Å². The minimum Gasteiger partial charge on any atom is -0.487 e. The maximum Gasteiger partial charge on any atom is 0.244 e. The van der Waals surface area contributed by atoms with Crippen molar-refractivity contribution in [2.24, 2.45) is 0 Å². The van der Waals surface area contributed by atoms with E-state index >= 15 is 0 Å². The number of hydrogen-bond acceptors (Lipinski definition) is 7. The van der Waals surface area contributed by atoms with Crippen LogP contribution in [0, 0.1) is 6.92 Å². The van der Waals surface area contributed by atoms with Gasteiger partial charge in [0.15, 0.2) is 9.84 Å². The van der Waals surface area contributed by atoms with Crippen LogP contribution in [0.2, 0.25) is 0 Å². The number of hydrogen-bond donors (Lipinski definition) is 1. The van der Waals surface area contributed by atoms with E-state index in [-0.39, 0.29) is 29.5 Å². The van der Waals surface area contributed by atoms with E-state index in [1.165, 1.54) is 6.08 Å². The molecule has 1 aromatic carbocycles. The Balaban J connectivity index is 1.35. The summed E-state index contributed by atoms with van der Waals surface area (Å²) in [5.41, 5.74) is 1.72. The van der Waals surface area contributed by atoms with Crippen molar-refractivity contribution < 1.29 is 17.9 Å². The van der Waals surface area contributed by atoms with E-state index in [2.05, 4.69) is 15.2 Å². The normalized spacial score (nSPS) is 23.4. The van der Waals surface area contributed by atoms with E-state index in [0.717, 1.165) is 42.2 Å². The molecule has 3 heterocycles. The minimum absolute atomic E-state index is 0.00711. The maximum absolute atomic E-state index is 12.5. The summed E-state index contributed by atoms with van der Waals surface area (Å²) in [7, 11) is -3.13. The predicted molar refractivity (Wildman–Crippen MR) is 122 cm³/mol. The molecular weight excluding hydrogens is 434 g/mol. The summed E-state index contributed by atoms with van der Waals surface area (Å²) in [5.74, 6) is 0.548. The second kappa shape index (κ2) is 9.50. The number of likely N-dealkylation sites (tertiary alicyclic amines) is 1. The third-order valence-electron chi connectivity index (χ3n) is 5.60. The molecule has 2 atom stereocenters. The van der Waals surface area contributed by atoms with Gasteiger partial charge in [0.2, 0.25) is 5.91 Å². The van der Waals surface area contributed by atoms with Crippen LogP contribution in [0.25, 0.3) is 6.08 Å². The Hall–Kier alpha value is -2.23. The van der Waals surface area contributed by atoms with E-state index in [1.807, 2.05) is 36.6 Å². The number of thiazole rings is 1. The standard InChI is InChI=1S/C22H27N3O4S2/c1-16-23-18(13-30-16)12-29-19-6-4-5-17(11-19)7-8-22(26)24-20-14-31(27,28)15-21(20)25-9-2-3-10-25/h4-8,11,13,20-21H,2-3,9-10,12,14-15H2,1H3,(H,24,26)/b8-7+. The van der Waals surface area contributed by atoms with Gasteiger partial charge in [-0.05, 0) is 56.6 Å². The van der Waals surface area contributed by atoms with Crippen LogP contribution in [0.1, 0.15) is 29.1 Å². The number of nitrogens with one attached hydrogen (secondary N) is 1. The van der Waals surface area contributed by atoms with Gasteiger partial charge in [-0.15, -0.1) is 11.3 Å². The van der Waals surface area contributed by atoms with E-state index in [4.69, 9.17) is 4.74 Å². The number of carbonyl (C=O) groups is 1. The van der Waals surface area contributed by atoms with Crippen molar-refractivity contribution in [2.75, 3.05) is 24.6 Å². The first-order valence-corrected chi connectivity index (χ1v) is 13.1. The highest BCUT2D eigenvalue weighted by Crippen LogP contribution is 2.23. The molecule has 2 fully saturated rings. The molecule has 0 bridgehead atoms. The van der Waals surface area contributed by atoms with E-state index in [9.17, 15) is 13.2 Å². The molecule has 1 aromatic heterocycles. The molecule has 9 heteroatoms. The molecule has 166 valence electrons. The van der Waals surface area contributed by atoms with Gasteiger partial charge in [-0.1, -0.05) is 12.1 Å². The lowest BCUT2D eigenvalue weighted by Crippen LogP contribution is -2.49. The van der Waals surface area contributed by atoms with Gasteiger partial charge in [0, 0.05) is 17.5 Å². The molecule has 2 aliphatic heterocycles. The molecule has 31 heavy (non-hydrogen) atoms. The number of carbonyl (C=O) groups excluding carboxylic acids is 1. The largest absolute Gasteiger partial charge is 0.487 e. The molecular formula is C22H27N3O4S2. The molecule has 0 saturated carbocycles. The quantitative estimate of drug-likeness (QED) is 0.637. The Morgan fingerprint density at radius 2 is 2.13 bits per heavy atom. The Kier molecular flexibility index (Phi) is 6.74. The number of benzene rings is 1. The van der Waals surface area contributed by atoms with Gasteiger partial charge >= 0.3 is 0 Å². The van der Waals surface area contributed by atoms with Crippen LogP contribution >= 0.6 is 11.3 Å². The molecule has 2 unspecified atom stereocenters. The molecule has 2 aromatic rings. The third kappa shape index (κ3) is 5.93. The highest BCUT2D eigenvalue weighted by molar-refractivity contribution is 7.91. The Morgan fingerprint density at radius 1 is 1.32 bits per heavy atom. The van der Waals surface area contributed by atoms with Crippen LogP contribution in [-0.4, -0.2) is 60.9 Å². The highest BCUT2D eigenvalue weighted by atomic mass is 32.2. The summed E-state index contributed by atoms with van der Waals surface area (Å²) in [4.78, 5) is 19.1. The second-order valence-electron chi connectivity index (χ2n) is 8.05. The summed E-state index contributed by atoms with van der Waals surface area (Å²) in [6.07, 6.45) is 5.33. The zero-order chi connectivity index (χ0) is 21.8. The number of nitrogens with zero attached hydrogens (tertiary/aromatic N) is 2. The van der Waals surface area contributed by atoms with Gasteiger partial charge in [0.25, 0.3) is 0 Å². The van der Waals surface area contributed by atoms with Crippen molar-refractivity contribution in [3.63, 3.8) is 0 Å². The zero-order valence-corrected chi connectivity index (χ0v) is 19.1. The molecule has 2 aliphatic rings. The Morgan fingerprint density at radius 3 is 2.87 bits per heavy atom. The fraction of sp³-hybridized carbons (Fsp3) is 0.455. The average Bonchev–Trinajstić information content (AvgIpc) is 3.46. The predicted octanol–water partition coefficient (Wildman–Crippen LogP) is 2.42. The van der Waals surface area contributed by atoms with Crippen molar-refractivity contribution in [1.82, 2.24) is 15.2 Å². The smallest absolute Gasteiger partial charge is 0.244 e. The lowest BCUT2D eigenvalue weighted by atomic mass is 10.1. The monoisotopic (exact) mass is 461 g/mol. The first-order valence-electron chi connectivity index (χ1n) is 10.4. The molecule has 0 radical (unpaired) electrons. The topological polar surface area (TPSA) is 88.6 Å². The molecule has 1 amide bonds. The van der Waals surface area contributed by atoms with E-state index < -0.39 is 9.84 Å². The first-order chi connectivity index (χ1) is 14.9. The number of sulfone groups is 1. The SMILES string of the molecule is Cc1nc(COc2cccc(/C=C/C(=O)NC3CS(=O)(=O)CC3N3CCCC3)c2)cs1. The number of rotatable bonds is 7. The fourth-order valence-corrected chi connectivity index (χ4v) is 6.69. The van der Waals surface area contributed by atoms with Crippen LogP contribution < -0.4 is 10.1 Å². The molecule has 7 nitrogen and oxygen atoms in total. The zero-order valence-electron chi connectivity index (χ0n) is 17.5. The van der Waals surface area contributed by atoms with E-state index in [0.29, 0.717) is 12.4 Å². The van der Waals surface area contributed by atoms with Gasteiger partial charge in [0.05, 0.1) is 28.2 Å². The van der Waals surface area contributed by atoms with Gasteiger partial charge < -0.3 is 10.1 Å². The van der Waals surface area contributed by atoms with Crippen molar-refractivity contribution in [1.29, 1.82) is 0 Å². The first kappa shape index (κ1) is 22.0. The van der Waals surface area contributed by atoms with Crippen LogP contribution in [0.5, 0.6) is 5.75 Å². The highest BCUT2D eigenvalue weighted by Gasteiger charge is 2.42. The van der Waals surface area contributed by atoms with Crippen LogP contribution in [0.3, 0.4) is 0 Å². The fourth-order valence-electron chi connectivity index (χ4n) is 4.14. The van der Waals surface area contributed by atoms with Gasteiger partial charge in [-0.2, -0.15) is 0 Å². The number of aryl methyl sites for hydroxylation is 1.